The monoisotopic (exact) mass is 394 g/mol. The normalized spacial score (nSPS) is 11.6. The molecule has 3 aromatic rings. The lowest BCUT2D eigenvalue weighted by Gasteiger charge is -2.11. The molecule has 1 amide bonds. The van der Waals surface area contributed by atoms with E-state index in [1.165, 1.54) is 28.2 Å². The van der Waals surface area contributed by atoms with Crippen molar-refractivity contribution in [3.8, 4) is 5.69 Å². The van der Waals surface area contributed by atoms with E-state index in [0.29, 0.717) is 17.2 Å². The number of nitrogens with zero attached hydrogens (tertiary/aromatic N) is 3. The van der Waals surface area contributed by atoms with Gasteiger partial charge >= 0.3 is 6.18 Å². The van der Waals surface area contributed by atoms with E-state index in [1.807, 2.05) is 12.3 Å². The number of carbonyl (C=O) groups is 1. The van der Waals surface area contributed by atoms with Crippen LogP contribution in [0, 0.1) is 6.92 Å². The van der Waals surface area contributed by atoms with Crippen molar-refractivity contribution in [1.29, 1.82) is 0 Å². The Kier molecular flexibility index (Phi) is 5.31. The standard InChI is InChI=1S/C18H17F3N4OS/c1-3-17-22-13(10-27-17)9-16(26)23-15-7-11(2)24-25(15)14-6-4-5-12(8-14)18(19,20)21/h4-8,10H,3,9H2,1-2H3,(H,23,26). The van der Waals surface area contributed by atoms with Crippen LogP contribution >= 0.6 is 11.3 Å². The molecule has 0 bridgehead atoms. The van der Waals surface area contributed by atoms with E-state index in [0.717, 1.165) is 23.6 Å². The summed E-state index contributed by atoms with van der Waals surface area (Å²) in [5.74, 6) is -0.00107. The second kappa shape index (κ2) is 7.51. The SMILES string of the molecule is CCc1nc(CC(=O)Nc2cc(C)nn2-c2cccc(C(F)(F)F)c2)cs1. The van der Waals surface area contributed by atoms with Crippen LogP contribution in [0.15, 0.2) is 35.7 Å². The average molecular weight is 394 g/mol. The molecule has 0 unspecified atom stereocenters. The number of benzene rings is 1. The van der Waals surface area contributed by atoms with Gasteiger partial charge in [0.1, 0.15) is 5.82 Å². The lowest BCUT2D eigenvalue weighted by Crippen LogP contribution is -2.17. The van der Waals surface area contributed by atoms with E-state index < -0.39 is 11.7 Å². The van der Waals surface area contributed by atoms with E-state index in [4.69, 9.17) is 0 Å². The molecule has 3 rings (SSSR count). The smallest absolute Gasteiger partial charge is 0.310 e. The Balaban J connectivity index is 1.83. The number of halogens is 3. The molecular formula is C18H17F3N4OS. The average Bonchev–Trinajstić information content (AvgIpc) is 3.20. The van der Waals surface area contributed by atoms with Gasteiger partial charge in [-0.05, 0) is 31.5 Å². The molecule has 0 aliphatic rings. The zero-order valence-electron chi connectivity index (χ0n) is 14.7. The molecule has 2 heterocycles. The number of nitrogens with one attached hydrogen (secondary N) is 1. The van der Waals surface area contributed by atoms with Crippen LogP contribution in [0.2, 0.25) is 0 Å². The summed E-state index contributed by atoms with van der Waals surface area (Å²) in [5, 5.41) is 9.69. The van der Waals surface area contributed by atoms with Crippen LogP contribution in [0.5, 0.6) is 0 Å². The van der Waals surface area contributed by atoms with Crippen molar-refractivity contribution in [3.05, 3.63) is 57.7 Å². The molecule has 142 valence electrons. The van der Waals surface area contributed by atoms with Gasteiger partial charge in [-0.25, -0.2) is 9.67 Å². The number of amides is 1. The fourth-order valence-corrected chi connectivity index (χ4v) is 3.29. The molecule has 1 N–H and O–H groups in total. The molecule has 2 aromatic heterocycles. The fraction of sp³-hybridized carbons (Fsp3) is 0.278. The van der Waals surface area contributed by atoms with Gasteiger partial charge in [-0.2, -0.15) is 18.3 Å². The predicted molar refractivity (Wildman–Crippen MR) is 97.1 cm³/mol. The summed E-state index contributed by atoms with van der Waals surface area (Å²) in [6, 6.07) is 6.41. The number of hydrogen-bond acceptors (Lipinski definition) is 4. The minimum absolute atomic E-state index is 0.0866. The van der Waals surface area contributed by atoms with E-state index >= 15 is 0 Å². The summed E-state index contributed by atoms with van der Waals surface area (Å²) < 4.78 is 40.2. The quantitative estimate of drug-likeness (QED) is 0.698. The van der Waals surface area contributed by atoms with Gasteiger partial charge in [0.05, 0.1) is 34.1 Å². The molecule has 9 heteroatoms. The van der Waals surface area contributed by atoms with Crippen molar-refractivity contribution >= 4 is 23.1 Å². The summed E-state index contributed by atoms with van der Waals surface area (Å²) in [6.45, 7) is 3.69. The van der Waals surface area contributed by atoms with Crippen molar-refractivity contribution in [2.45, 2.75) is 32.9 Å². The molecule has 0 atom stereocenters. The zero-order chi connectivity index (χ0) is 19.6. The summed E-state index contributed by atoms with van der Waals surface area (Å²) in [5.41, 5.74) is 0.677. The van der Waals surface area contributed by atoms with Crippen LogP contribution in [-0.2, 0) is 23.8 Å². The fourth-order valence-electron chi connectivity index (χ4n) is 2.54. The molecule has 0 fully saturated rings. The van der Waals surface area contributed by atoms with Gasteiger partial charge < -0.3 is 5.32 Å². The van der Waals surface area contributed by atoms with Crippen molar-refractivity contribution < 1.29 is 18.0 Å². The molecule has 0 aliphatic carbocycles. The number of anilines is 1. The summed E-state index contributed by atoms with van der Waals surface area (Å²) in [7, 11) is 0. The molecule has 0 radical (unpaired) electrons. The van der Waals surface area contributed by atoms with Crippen molar-refractivity contribution in [2.24, 2.45) is 0 Å². The lowest BCUT2D eigenvalue weighted by atomic mass is 10.2. The second-order valence-electron chi connectivity index (χ2n) is 5.94. The first kappa shape index (κ1) is 19.1. The van der Waals surface area contributed by atoms with Crippen LogP contribution in [0.4, 0.5) is 19.0 Å². The topological polar surface area (TPSA) is 59.8 Å². The molecule has 0 saturated carbocycles. The Morgan fingerprint density at radius 3 is 2.74 bits per heavy atom. The van der Waals surface area contributed by atoms with Crippen LogP contribution in [0.3, 0.4) is 0 Å². The van der Waals surface area contributed by atoms with Crippen molar-refractivity contribution in [1.82, 2.24) is 14.8 Å². The summed E-state index contributed by atoms with van der Waals surface area (Å²) in [4.78, 5) is 16.7. The van der Waals surface area contributed by atoms with E-state index in [2.05, 4.69) is 15.4 Å². The number of hydrogen-bond donors (Lipinski definition) is 1. The minimum Gasteiger partial charge on any atom is -0.310 e. The highest BCUT2D eigenvalue weighted by Crippen LogP contribution is 2.31. The van der Waals surface area contributed by atoms with E-state index in [-0.39, 0.29) is 18.0 Å². The lowest BCUT2D eigenvalue weighted by molar-refractivity contribution is -0.137. The molecule has 5 nitrogen and oxygen atoms in total. The number of thiazole rings is 1. The maximum atomic E-state index is 13.0. The summed E-state index contributed by atoms with van der Waals surface area (Å²) >= 11 is 1.49. The van der Waals surface area contributed by atoms with Crippen molar-refractivity contribution in [2.75, 3.05) is 5.32 Å². The molecule has 0 aliphatic heterocycles. The Labute approximate surface area is 157 Å². The highest BCUT2D eigenvalue weighted by atomic mass is 32.1. The van der Waals surface area contributed by atoms with Gasteiger partial charge in [0.15, 0.2) is 0 Å². The van der Waals surface area contributed by atoms with Crippen LogP contribution in [0.1, 0.15) is 28.9 Å². The second-order valence-corrected chi connectivity index (χ2v) is 6.88. The number of carbonyl (C=O) groups excluding carboxylic acids is 1. The third-order valence-corrected chi connectivity index (χ3v) is 4.80. The third-order valence-electron chi connectivity index (χ3n) is 3.76. The summed E-state index contributed by atoms with van der Waals surface area (Å²) in [6.07, 6.45) is -3.57. The molecule has 27 heavy (non-hydrogen) atoms. The largest absolute Gasteiger partial charge is 0.416 e. The van der Waals surface area contributed by atoms with Gasteiger partial charge in [-0.1, -0.05) is 13.0 Å². The first-order valence-corrected chi connectivity index (χ1v) is 9.11. The number of alkyl halides is 3. The molecule has 1 aromatic carbocycles. The highest BCUT2D eigenvalue weighted by molar-refractivity contribution is 7.09. The Morgan fingerprint density at radius 1 is 1.30 bits per heavy atom. The van der Waals surface area contributed by atoms with Gasteiger partial charge in [0.25, 0.3) is 0 Å². The Morgan fingerprint density at radius 2 is 2.07 bits per heavy atom. The Hall–Kier alpha value is -2.68. The maximum absolute atomic E-state index is 13.0. The maximum Gasteiger partial charge on any atom is 0.416 e. The van der Waals surface area contributed by atoms with Crippen molar-refractivity contribution in [3.63, 3.8) is 0 Å². The number of rotatable bonds is 5. The van der Waals surface area contributed by atoms with E-state index in [1.54, 1.807) is 13.0 Å². The van der Waals surface area contributed by atoms with Crippen LogP contribution in [-0.4, -0.2) is 20.7 Å². The molecule has 0 saturated heterocycles. The number of aromatic nitrogens is 3. The molecule has 0 spiro atoms. The Bertz CT molecular complexity index is 962. The van der Waals surface area contributed by atoms with Crippen LogP contribution < -0.4 is 5.32 Å². The third kappa shape index (κ3) is 4.54. The zero-order valence-corrected chi connectivity index (χ0v) is 15.5. The molecular weight excluding hydrogens is 377 g/mol. The highest BCUT2D eigenvalue weighted by Gasteiger charge is 2.30. The van der Waals surface area contributed by atoms with Gasteiger partial charge in [0.2, 0.25) is 5.91 Å². The first-order valence-electron chi connectivity index (χ1n) is 8.23. The minimum atomic E-state index is -4.46. The van der Waals surface area contributed by atoms with Gasteiger partial charge in [-0.3, -0.25) is 4.79 Å². The first-order chi connectivity index (χ1) is 12.8. The number of aryl methyl sites for hydroxylation is 2. The van der Waals surface area contributed by atoms with Gasteiger partial charge in [-0.15, -0.1) is 11.3 Å². The van der Waals surface area contributed by atoms with E-state index in [9.17, 15) is 18.0 Å². The van der Waals surface area contributed by atoms with Crippen LogP contribution in [0.25, 0.3) is 5.69 Å². The van der Waals surface area contributed by atoms with Gasteiger partial charge in [0, 0.05) is 11.4 Å². The predicted octanol–water partition coefficient (Wildman–Crippen LogP) is 4.40.